The van der Waals surface area contributed by atoms with Gasteiger partial charge in [0.05, 0.1) is 0 Å². The third kappa shape index (κ3) is 6.29. The van der Waals surface area contributed by atoms with Crippen LogP contribution in [0.3, 0.4) is 0 Å². The molecular formula is C20H25F5O. The lowest BCUT2D eigenvalue weighted by molar-refractivity contribution is -0.276. The van der Waals surface area contributed by atoms with Crippen LogP contribution in [-0.2, 0) is 0 Å². The average molecular weight is 376 g/mol. The Hall–Kier alpha value is -1.59. The largest absolute Gasteiger partial charge is 0.573 e. The van der Waals surface area contributed by atoms with Gasteiger partial charge in [-0.2, -0.15) is 0 Å². The molecule has 1 nitrogen and oxygen atoms in total. The Labute approximate surface area is 151 Å². The van der Waals surface area contributed by atoms with E-state index in [0.717, 1.165) is 63.5 Å². The van der Waals surface area contributed by atoms with Crippen LogP contribution in [-0.4, -0.2) is 6.36 Å². The summed E-state index contributed by atoms with van der Waals surface area (Å²) in [7, 11) is 0. The number of unbranched alkanes of at least 4 members (excludes halogenated alkanes) is 1. The molecule has 0 spiro atoms. The topological polar surface area (TPSA) is 9.23 Å². The van der Waals surface area contributed by atoms with Crippen LogP contribution in [0.1, 0.15) is 69.8 Å². The summed E-state index contributed by atoms with van der Waals surface area (Å²) in [6, 6.07) is 1.95. The fraction of sp³-hybridized carbons (Fsp3) is 0.600. The Morgan fingerprint density at radius 1 is 1.04 bits per heavy atom. The second-order valence-electron chi connectivity index (χ2n) is 6.89. The maximum Gasteiger partial charge on any atom is 0.573 e. The van der Waals surface area contributed by atoms with E-state index in [2.05, 4.69) is 23.8 Å². The summed E-state index contributed by atoms with van der Waals surface area (Å²) in [6.07, 6.45) is 7.19. The number of allylic oxidation sites excluding steroid dienone is 2. The van der Waals surface area contributed by atoms with Gasteiger partial charge in [-0.1, -0.05) is 25.5 Å². The minimum atomic E-state index is -5.12. The lowest BCUT2D eigenvalue weighted by atomic mass is 9.77. The maximum atomic E-state index is 13.9. The summed E-state index contributed by atoms with van der Waals surface area (Å²) >= 11 is 0. The first-order chi connectivity index (χ1) is 12.3. The minimum absolute atomic E-state index is 0.0184. The summed E-state index contributed by atoms with van der Waals surface area (Å²) in [4.78, 5) is 0. The average Bonchev–Trinajstić information content (AvgIpc) is 2.57. The van der Waals surface area contributed by atoms with Crippen LogP contribution >= 0.6 is 0 Å². The molecule has 0 aromatic heterocycles. The van der Waals surface area contributed by atoms with Gasteiger partial charge in [0.1, 0.15) is 0 Å². The number of alkyl halides is 3. The summed E-state index contributed by atoms with van der Waals surface area (Å²) in [5, 5.41) is 0. The van der Waals surface area contributed by atoms with E-state index in [1.54, 1.807) is 0 Å². The zero-order chi connectivity index (χ0) is 19.2. The van der Waals surface area contributed by atoms with Crippen molar-refractivity contribution in [2.75, 3.05) is 0 Å². The second kappa shape index (κ2) is 9.38. The fourth-order valence-corrected chi connectivity index (χ4v) is 3.62. The number of ether oxygens (including phenoxy) is 1. The van der Waals surface area contributed by atoms with Crippen LogP contribution in [0.15, 0.2) is 24.3 Å². The van der Waals surface area contributed by atoms with Crippen molar-refractivity contribution in [2.45, 2.75) is 70.6 Å². The molecule has 1 aliphatic rings. The SMILES string of the molecule is CC/C=C/CCC[C@H]1CC[C@H](c2cc(F)c(OC(F)(F)F)c(F)c2)CC1. The number of hydrogen-bond donors (Lipinski definition) is 0. The van der Waals surface area contributed by atoms with Gasteiger partial charge in [0.2, 0.25) is 5.75 Å². The first-order valence-corrected chi connectivity index (χ1v) is 9.19. The van der Waals surface area contributed by atoms with Crippen molar-refractivity contribution in [3.05, 3.63) is 41.5 Å². The Morgan fingerprint density at radius 2 is 1.65 bits per heavy atom. The highest BCUT2D eigenvalue weighted by Gasteiger charge is 2.34. The molecule has 1 saturated carbocycles. The fourth-order valence-electron chi connectivity index (χ4n) is 3.62. The lowest BCUT2D eigenvalue weighted by Gasteiger charge is -2.29. The lowest BCUT2D eigenvalue weighted by Crippen LogP contribution is -2.19. The van der Waals surface area contributed by atoms with E-state index in [9.17, 15) is 22.0 Å². The van der Waals surface area contributed by atoms with Crippen molar-refractivity contribution in [1.82, 2.24) is 0 Å². The quantitative estimate of drug-likeness (QED) is 0.276. The van der Waals surface area contributed by atoms with E-state index < -0.39 is 23.7 Å². The smallest absolute Gasteiger partial charge is 0.399 e. The highest BCUT2D eigenvalue weighted by atomic mass is 19.4. The summed E-state index contributed by atoms with van der Waals surface area (Å²) in [6.45, 7) is 2.10. The van der Waals surface area contributed by atoms with Gasteiger partial charge < -0.3 is 4.74 Å². The van der Waals surface area contributed by atoms with Gasteiger partial charge in [-0.3, -0.25) is 0 Å². The molecule has 0 saturated heterocycles. The molecule has 0 atom stereocenters. The first-order valence-electron chi connectivity index (χ1n) is 9.19. The second-order valence-corrected chi connectivity index (χ2v) is 6.89. The first kappa shape index (κ1) is 20.7. The van der Waals surface area contributed by atoms with Gasteiger partial charge in [0.25, 0.3) is 0 Å². The third-order valence-corrected chi connectivity index (χ3v) is 4.94. The zero-order valence-electron chi connectivity index (χ0n) is 14.9. The predicted molar refractivity (Wildman–Crippen MR) is 91.0 cm³/mol. The highest BCUT2D eigenvalue weighted by molar-refractivity contribution is 5.33. The summed E-state index contributed by atoms with van der Waals surface area (Å²) in [5.41, 5.74) is 0.416. The Kier molecular flexibility index (Phi) is 7.47. The van der Waals surface area contributed by atoms with Crippen molar-refractivity contribution in [3.63, 3.8) is 0 Å². The van der Waals surface area contributed by atoms with Crippen molar-refractivity contribution >= 4 is 0 Å². The van der Waals surface area contributed by atoms with Crippen molar-refractivity contribution < 1.29 is 26.7 Å². The molecule has 0 amide bonds. The van der Waals surface area contributed by atoms with Crippen LogP contribution in [0, 0.1) is 17.6 Å². The number of rotatable bonds is 7. The molecular weight excluding hydrogens is 351 g/mol. The van der Waals surface area contributed by atoms with Gasteiger partial charge in [-0.05, 0) is 74.5 Å². The Bertz CT molecular complexity index is 578. The summed E-state index contributed by atoms with van der Waals surface area (Å²) < 4.78 is 67.8. The van der Waals surface area contributed by atoms with Crippen LogP contribution in [0.25, 0.3) is 0 Å². The Balaban J connectivity index is 1.90. The molecule has 0 bridgehead atoms. The summed E-state index contributed by atoms with van der Waals surface area (Å²) in [5.74, 6) is -3.39. The van der Waals surface area contributed by atoms with Crippen LogP contribution < -0.4 is 4.74 Å². The molecule has 0 aliphatic heterocycles. The molecule has 0 heterocycles. The normalized spacial score (nSPS) is 21.3. The van der Waals surface area contributed by atoms with Crippen LogP contribution in [0.2, 0.25) is 0 Å². The van der Waals surface area contributed by atoms with Crippen LogP contribution in [0.5, 0.6) is 5.75 Å². The molecule has 1 aliphatic carbocycles. The number of benzene rings is 1. The predicted octanol–water partition coefficient (Wildman–Crippen LogP) is 7.27. The minimum Gasteiger partial charge on any atom is -0.399 e. The molecule has 1 aromatic rings. The molecule has 0 unspecified atom stereocenters. The molecule has 1 aromatic carbocycles. The maximum absolute atomic E-state index is 13.9. The van der Waals surface area contributed by atoms with Crippen molar-refractivity contribution in [2.24, 2.45) is 5.92 Å². The van der Waals surface area contributed by atoms with Crippen molar-refractivity contribution in [3.8, 4) is 5.75 Å². The van der Waals surface area contributed by atoms with Gasteiger partial charge in [0.15, 0.2) is 11.6 Å². The van der Waals surface area contributed by atoms with Gasteiger partial charge in [0, 0.05) is 0 Å². The van der Waals surface area contributed by atoms with Crippen LogP contribution in [0.4, 0.5) is 22.0 Å². The monoisotopic (exact) mass is 376 g/mol. The van der Waals surface area contributed by atoms with Gasteiger partial charge in [-0.15, -0.1) is 13.2 Å². The molecule has 26 heavy (non-hydrogen) atoms. The molecule has 146 valence electrons. The van der Waals surface area contributed by atoms with E-state index in [-0.39, 0.29) is 5.92 Å². The van der Waals surface area contributed by atoms with E-state index in [0.29, 0.717) is 11.5 Å². The number of hydrogen-bond acceptors (Lipinski definition) is 1. The van der Waals surface area contributed by atoms with E-state index in [1.165, 1.54) is 0 Å². The standard InChI is InChI=1S/C20H25F5O/c1-2-3-4-5-6-7-14-8-10-15(11-9-14)16-12-17(21)19(18(22)13-16)26-20(23,24)25/h3-4,12-15H,2,5-11H2,1H3/b4-3+/t14-,15-. The molecule has 0 radical (unpaired) electrons. The molecule has 0 N–H and O–H groups in total. The van der Waals surface area contributed by atoms with Crippen molar-refractivity contribution in [1.29, 1.82) is 0 Å². The Morgan fingerprint density at radius 3 is 2.19 bits per heavy atom. The third-order valence-electron chi connectivity index (χ3n) is 4.94. The van der Waals surface area contributed by atoms with Gasteiger partial charge in [-0.25, -0.2) is 8.78 Å². The van der Waals surface area contributed by atoms with Gasteiger partial charge >= 0.3 is 6.36 Å². The molecule has 1 fully saturated rings. The van der Waals surface area contributed by atoms with E-state index >= 15 is 0 Å². The molecule has 6 heteroatoms. The van der Waals surface area contributed by atoms with E-state index in [1.807, 2.05) is 0 Å². The number of halogens is 5. The molecule has 2 rings (SSSR count). The highest BCUT2D eigenvalue weighted by Crippen LogP contribution is 2.40. The van der Waals surface area contributed by atoms with E-state index in [4.69, 9.17) is 0 Å². The zero-order valence-corrected chi connectivity index (χ0v) is 14.9.